The second-order valence-corrected chi connectivity index (χ2v) is 11.4. The summed E-state index contributed by atoms with van der Waals surface area (Å²) in [5.74, 6) is 0.174. The van der Waals surface area contributed by atoms with Crippen molar-refractivity contribution in [3.05, 3.63) is 35.4 Å². The van der Waals surface area contributed by atoms with Crippen molar-refractivity contribution in [1.29, 1.82) is 0 Å². The van der Waals surface area contributed by atoms with Crippen molar-refractivity contribution in [3.63, 3.8) is 0 Å². The van der Waals surface area contributed by atoms with Crippen molar-refractivity contribution < 1.29 is 4.79 Å². The molecular weight excluding hydrogens is 226 g/mol. The average Bonchev–Trinajstić information content (AvgIpc) is 2.25. The van der Waals surface area contributed by atoms with Crippen molar-refractivity contribution in [2.24, 2.45) is 0 Å². The SMILES string of the molecule is Cc1ccc(CNC(=O)CC[Si](C)(C)C)cc1. The van der Waals surface area contributed by atoms with E-state index < -0.39 is 8.07 Å². The highest BCUT2D eigenvalue weighted by atomic mass is 28.3. The summed E-state index contributed by atoms with van der Waals surface area (Å²) in [5, 5.41) is 2.97. The topological polar surface area (TPSA) is 29.1 Å². The maximum absolute atomic E-state index is 11.6. The van der Waals surface area contributed by atoms with Gasteiger partial charge in [-0.05, 0) is 18.5 Å². The Morgan fingerprint density at radius 1 is 1.18 bits per heavy atom. The first-order chi connectivity index (χ1) is 7.87. The van der Waals surface area contributed by atoms with E-state index >= 15 is 0 Å². The van der Waals surface area contributed by atoms with Crippen LogP contribution in [0.2, 0.25) is 25.7 Å². The van der Waals surface area contributed by atoms with Gasteiger partial charge in [0, 0.05) is 21.0 Å². The molecule has 0 bridgehead atoms. The normalized spacial score (nSPS) is 11.3. The molecule has 3 heteroatoms. The average molecular weight is 249 g/mol. The fourth-order valence-corrected chi connectivity index (χ4v) is 2.46. The first kappa shape index (κ1) is 14.0. The third kappa shape index (κ3) is 6.27. The second-order valence-electron chi connectivity index (χ2n) is 5.82. The van der Waals surface area contributed by atoms with Crippen LogP contribution in [-0.2, 0) is 11.3 Å². The van der Waals surface area contributed by atoms with Gasteiger partial charge in [-0.15, -0.1) is 0 Å². The number of nitrogens with one attached hydrogen (secondary N) is 1. The van der Waals surface area contributed by atoms with E-state index in [9.17, 15) is 4.79 Å². The molecule has 0 saturated carbocycles. The van der Waals surface area contributed by atoms with E-state index in [1.54, 1.807) is 0 Å². The molecule has 1 aromatic carbocycles. The molecule has 0 heterocycles. The zero-order valence-electron chi connectivity index (χ0n) is 11.3. The molecule has 0 aliphatic heterocycles. The molecule has 0 aliphatic rings. The summed E-state index contributed by atoms with van der Waals surface area (Å²) in [6.07, 6.45) is 0.668. The van der Waals surface area contributed by atoms with Crippen molar-refractivity contribution >= 4 is 14.0 Å². The Hall–Kier alpha value is -1.09. The molecule has 0 saturated heterocycles. The van der Waals surface area contributed by atoms with Crippen LogP contribution >= 0.6 is 0 Å². The van der Waals surface area contributed by atoms with Crippen LogP contribution in [0.1, 0.15) is 17.5 Å². The Kier molecular flexibility index (Phi) is 4.94. The lowest BCUT2D eigenvalue weighted by atomic mass is 10.1. The number of aryl methyl sites for hydroxylation is 1. The van der Waals surface area contributed by atoms with Gasteiger partial charge >= 0.3 is 0 Å². The quantitative estimate of drug-likeness (QED) is 0.797. The first-order valence-electron chi connectivity index (χ1n) is 6.19. The lowest BCUT2D eigenvalue weighted by Gasteiger charge is -2.15. The fourth-order valence-electron chi connectivity index (χ4n) is 1.48. The standard InChI is InChI=1S/C14H23NOSi/c1-12-5-7-13(8-6-12)11-15-14(16)9-10-17(2,3)4/h5-8H,9-11H2,1-4H3,(H,15,16). The summed E-state index contributed by atoms with van der Waals surface area (Å²) in [6, 6.07) is 9.34. The van der Waals surface area contributed by atoms with Gasteiger partial charge in [0.1, 0.15) is 0 Å². The monoisotopic (exact) mass is 249 g/mol. The van der Waals surface area contributed by atoms with Crippen molar-refractivity contribution in [3.8, 4) is 0 Å². The van der Waals surface area contributed by atoms with Crippen LogP contribution in [0.15, 0.2) is 24.3 Å². The number of carbonyl (C=O) groups excluding carboxylic acids is 1. The Morgan fingerprint density at radius 2 is 1.76 bits per heavy atom. The van der Waals surface area contributed by atoms with Crippen LogP contribution in [0.25, 0.3) is 0 Å². The Morgan fingerprint density at radius 3 is 2.29 bits per heavy atom. The predicted octanol–water partition coefficient (Wildman–Crippen LogP) is 3.34. The van der Waals surface area contributed by atoms with Gasteiger partial charge in [-0.1, -0.05) is 49.5 Å². The van der Waals surface area contributed by atoms with E-state index in [0.717, 1.165) is 11.6 Å². The highest BCUT2D eigenvalue weighted by molar-refractivity contribution is 6.76. The molecule has 2 nitrogen and oxygen atoms in total. The Labute approximate surface area is 105 Å². The molecule has 94 valence electrons. The maximum atomic E-state index is 11.6. The number of rotatable bonds is 5. The van der Waals surface area contributed by atoms with Gasteiger partial charge in [0.05, 0.1) is 0 Å². The maximum Gasteiger partial charge on any atom is 0.219 e. The minimum absolute atomic E-state index is 0.174. The molecule has 1 amide bonds. The largest absolute Gasteiger partial charge is 0.352 e. The number of amides is 1. The summed E-state index contributed by atoms with van der Waals surface area (Å²) in [5.41, 5.74) is 2.41. The number of benzene rings is 1. The van der Waals surface area contributed by atoms with Crippen molar-refractivity contribution in [2.75, 3.05) is 0 Å². The van der Waals surface area contributed by atoms with Gasteiger partial charge in [-0.2, -0.15) is 0 Å². The molecule has 0 spiro atoms. The molecule has 0 unspecified atom stereocenters. The van der Waals surface area contributed by atoms with Crippen LogP contribution in [-0.4, -0.2) is 14.0 Å². The third-order valence-electron chi connectivity index (χ3n) is 2.71. The third-order valence-corrected chi connectivity index (χ3v) is 4.46. The molecule has 0 aliphatic carbocycles. The number of carbonyl (C=O) groups is 1. The summed E-state index contributed by atoms with van der Waals surface area (Å²) < 4.78 is 0. The lowest BCUT2D eigenvalue weighted by molar-refractivity contribution is -0.120. The Balaban J connectivity index is 2.31. The predicted molar refractivity (Wildman–Crippen MR) is 75.8 cm³/mol. The van der Waals surface area contributed by atoms with Gasteiger partial charge in [-0.3, -0.25) is 4.79 Å². The molecule has 0 atom stereocenters. The van der Waals surface area contributed by atoms with E-state index in [2.05, 4.69) is 56.1 Å². The molecule has 0 fully saturated rings. The smallest absolute Gasteiger partial charge is 0.219 e. The molecule has 17 heavy (non-hydrogen) atoms. The van der Waals surface area contributed by atoms with Gasteiger partial charge in [0.25, 0.3) is 0 Å². The molecular formula is C14H23NOSi. The highest BCUT2D eigenvalue weighted by Crippen LogP contribution is 2.10. The van der Waals surface area contributed by atoms with Gasteiger partial charge in [-0.25, -0.2) is 0 Å². The van der Waals surface area contributed by atoms with Crippen LogP contribution in [0.3, 0.4) is 0 Å². The second kappa shape index (κ2) is 6.01. The summed E-state index contributed by atoms with van der Waals surface area (Å²) in [6.45, 7) is 9.59. The first-order valence-corrected chi connectivity index (χ1v) is 9.90. The fraction of sp³-hybridized carbons (Fsp3) is 0.500. The van der Waals surface area contributed by atoms with Crippen LogP contribution in [0, 0.1) is 6.92 Å². The molecule has 0 radical (unpaired) electrons. The molecule has 1 N–H and O–H groups in total. The van der Waals surface area contributed by atoms with Crippen molar-refractivity contribution in [2.45, 2.75) is 45.6 Å². The minimum atomic E-state index is -1.10. The summed E-state index contributed by atoms with van der Waals surface area (Å²) >= 11 is 0. The Bertz CT molecular complexity index is 365. The summed E-state index contributed by atoms with van der Waals surface area (Å²) in [4.78, 5) is 11.6. The lowest BCUT2D eigenvalue weighted by Crippen LogP contribution is -2.27. The van der Waals surface area contributed by atoms with E-state index in [4.69, 9.17) is 0 Å². The highest BCUT2D eigenvalue weighted by Gasteiger charge is 2.14. The van der Waals surface area contributed by atoms with E-state index in [-0.39, 0.29) is 5.91 Å². The molecule has 1 rings (SSSR count). The van der Waals surface area contributed by atoms with Gasteiger partial charge in [0.15, 0.2) is 0 Å². The molecule has 0 aromatic heterocycles. The molecule has 1 aromatic rings. The van der Waals surface area contributed by atoms with Gasteiger partial charge in [0.2, 0.25) is 5.91 Å². The minimum Gasteiger partial charge on any atom is -0.352 e. The van der Waals surface area contributed by atoms with E-state index in [1.165, 1.54) is 5.56 Å². The van der Waals surface area contributed by atoms with Gasteiger partial charge < -0.3 is 5.32 Å². The van der Waals surface area contributed by atoms with Crippen molar-refractivity contribution in [1.82, 2.24) is 5.32 Å². The van der Waals surface area contributed by atoms with E-state index in [0.29, 0.717) is 13.0 Å². The van der Waals surface area contributed by atoms with E-state index in [1.807, 2.05) is 0 Å². The van der Waals surface area contributed by atoms with Crippen LogP contribution in [0.4, 0.5) is 0 Å². The zero-order valence-corrected chi connectivity index (χ0v) is 12.3. The van der Waals surface area contributed by atoms with Crippen LogP contribution in [0.5, 0.6) is 0 Å². The van der Waals surface area contributed by atoms with Crippen LogP contribution < -0.4 is 5.32 Å². The summed E-state index contributed by atoms with van der Waals surface area (Å²) in [7, 11) is -1.10. The number of hydrogen-bond acceptors (Lipinski definition) is 1. The zero-order chi connectivity index (χ0) is 12.9. The number of hydrogen-bond donors (Lipinski definition) is 1.